The second kappa shape index (κ2) is 10.3. The maximum atomic E-state index is 12.6. The number of carboxylic acid groups (broad SMARTS) is 2. The van der Waals surface area contributed by atoms with Crippen LogP contribution in [0.2, 0.25) is 0 Å². The highest BCUT2D eigenvalue weighted by molar-refractivity contribution is 6.27. The van der Waals surface area contributed by atoms with Gasteiger partial charge in [0.2, 0.25) is 0 Å². The Balaban J connectivity index is 0.000000409. The van der Waals surface area contributed by atoms with Crippen molar-refractivity contribution >= 4 is 28.6 Å². The zero-order chi connectivity index (χ0) is 20.5. The Morgan fingerprint density at radius 2 is 1.89 bits per heavy atom. The van der Waals surface area contributed by atoms with Crippen LogP contribution in [0, 0.1) is 11.8 Å². The summed E-state index contributed by atoms with van der Waals surface area (Å²) in [5, 5.41) is 19.1. The molecule has 148 valence electrons. The minimum absolute atomic E-state index is 0.222. The summed E-state index contributed by atoms with van der Waals surface area (Å²) in [6, 6.07) is 9.69. The van der Waals surface area contributed by atoms with Gasteiger partial charge >= 0.3 is 11.9 Å². The molecule has 0 amide bonds. The van der Waals surface area contributed by atoms with Crippen LogP contribution in [-0.4, -0.2) is 46.0 Å². The summed E-state index contributed by atoms with van der Waals surface area (Å²) in [5.41, 5.74) is 1.69. The number of aliphatic carboxylic acids is 2. The number of nitrogens with one attached hydrogen (secondary N) is 1. The minimum atomic E-state index is -1.82. The summed E-state index contributed by atoms with van der Waals surface area (Å²) in [7, 11) is 0. The van der Waals surface area contributed by atoms with E-state index in [0.29, 0.717) is 18.3 Å². The first-order valence-electron chi connectivity index (χ1n) is 9.10. The zero-order valence-electron chi connectivity index (χ0n) is 15.5. The fourth-order valence-corrected chi connectivity index (χ4v) is 3.36. The van der Waals surface area contributed by atoms with E-state index in [-0.39, 0.29) is 5.78 Å². The van der Waals surface area contributed by atoms with E-state index in [0.717, 1.165) is 42.4 Å². The number of para-hydroxylation sites is 1. The Bertz CT molecular complexity index is 847. The van der Waals surface area contributed by atoms with Crippen LogP contribution >= 0.6 is 0 Å². The van der Waals surface area contributed by atoms with E-state index in [1.54, 1.807) is 6.20 Å². The van der Waals surface area contributed by atoms with E-state index < -0.39 is 11.9 Å². The summed E-state index contributed by atoms with van der Waals surface area (Å²) >= 11 is 0. The van der Waals surface area contributed by atoms with Crippen molar-refractivity contribution in [3.63, 3.8) is 0 Å². The molecule has 2 aromatic rings. The van der Waals surface area contributed by atoms with Crippen molar-refractivity contribution in [2.24, 2.45) is 11.8 Å². The molecule has 0 saturated carbocycles. The fraction of sp³-hybridized carbons (Fsp3) is 0.333. The molecule has 0 bridgehead atoms. The maximum Gasteiger partial charge on any atom is 0.414 e. The second-order valence-corrected chi connectivity index (χ2v) is 6.60. The third kappa shape index (κ3) is 5.72. The molecule has 0 radical (unpaired) electrons. The third-order valence-corrected chi connectivity index (χ3v) is 4.85. The number of nitrogens with zero attached hydrogens (tertiary/aromatic N) is 1. The minimum Gasteiger partial charge on any atom is -0.473 e. The first kappa shape index (κ1) is 21.2. The number of rotatable bonds is 5. The predicted octanol–water partition coefficient (Wildman–Crippen LogP) is 2.76. The lowest BCUT2D eigenvalue weighted by Gasteiger charge is -2.29. The Morgan fingerprint density at radius 1 is 1.18 bits per heavy atom. The number of piperidine rings is 1. The van der Waals surface area contributed by atoms with E-state index in [1.807, 2.05) is 36.4 Å². The zero-order valence-corrected chi connectivity index (χ0v) is 15.5. The molecule has 0 aliphatic carbocycles. The van der Waals surface area contributed by atoms with Crippen LogP contribution in [0.25, 0.3) is 10.9 Å². The first-order valence-corrected chi connectivity index (χ1v) is 9.10. The third-order valence-electron chi connectivity index (χ3n) is 4.85. The Hall–Kier alpha value is -3.06. The summed E-state index contributed by atoms with van der Waals surface area (Å²) in [4.78, 5) is 35.2. The van der Waals surface area contributed by atoms with Crippen molar-refractivity contribution in [1.29, 1.82) is 0 Å². The van der Waals surface area contributed by atoms with Gasteiger partial charge in [0.05, 0.1) is 5.52 Å². The lowest BCUT2D eigenvalue weighted by atomic mass is 9.82. The highest BCUT2D eigenvalue weighted by Gasteiger charge is 2.23. The molecule has 1 aromatic heterocycles. The van der Waals surface area contributed by atoms with Crippen molar-refractivity contribution in [3.05, 3.63) is 54.7 Å². The van der Waals surface area contributed by atoms with Crippen molar-refractivity contribution in [2.45, 2.75) is 19.3 Å². The lowest BCUT2D eigenvalue weighted by Crippen LogP contribution is -2.35. The van der Waals surface area contributed by atoms with E-state index in [2.05, 4.69) is 16.9 Å². The molecule has 2 atom stereocenters. The number of ketones is 1. The quantitative estimate of drug-likeness (QED) is 0.412. The SMILES string of the molecule is C=C[C@H]1CNCC[C@H]1CCC(=O)c1ccnc2ccccc12.O=C(O)C(=O)O. The topological polar surface area (TPSA) is 117 Å². The number of carbonyl (C=O) groups is 3. The summed E-state index contributed by atoms with van der Waals surface area (Å²) in [6.45, 7) is 5.96. The van der Waals surface area contributed by atoms with Crippen molar-refractivity contribution in [1.82, 2.24) is 10.3 Å². The monoisotopic (exact) mass is 384 g/mol. The lowest BCUT2D eigenvalue weighted by molar-refractivity contribution is -0.159. The molecule has 7 nitrogen and oxygen atoms in total. The maximum absolute atomic E-state index is 12.6. The van der Waals surface area contributed by atoms with E-state index >= 15 is 0 Å². The van der Waals surface area contributed by atoms with Crippen LogP contribution < -0.4 is 5.32 Å². The molecular weight excluding hydrogens is 360 g/mol. The van der Waals surface area contributed by atoms with Gasteiger partial charge in [-0.3, -0.25) is 9.78 Å². The molecule has 1 aliphatic rings. The average Bonchev–Trinajstić information content (AvgIpc) is 2.72. The summed E-state index contributed by atoms with van der Waals surface area (Å²) < 4.78 is 0. The van der Waals surface area contributed by atoms with Crippen LogP contribution in [0.3, 0.4) is 0 Å². The molecule has 1 aliphatic heterocycles. The smallest absolute Gasteiger partial charge is 0.414 e. The number of carboxylic acids is 2. The number of carbonyl (C=O) groups excluding carboxylic acids is 1. The van der Waals surface area contributed by atoms with Gasteiger partial charge in [-0.25, -0.2) is 9.59 Å². The number of benzene rings is 1. The molecule has 0 unspecified atom stereocenters. The Labute approximate surface area is 163 Å². The molecule has 0 spiro atoms. The Kier molecular flexibility index (Phi) is 7.83. The van der Waals surface area contributed by atoms with Crippen LogP contribution in [-0.2, 0) is 9.59 Å². The molecule has 1 saturated heterocycles. The van der Waals surface area contributed by atoms with Crippen LogP contribution in [0.1, 0.15) is 29.6 Å². The molecular formula is C21H24N2O5. The van der Waals surface area contributed by atoms with Crippen molar-refractivity contribution in [3.8, 4) is 0 Å². The molecule has 1 fully saturated rings. The highest BCUT2D eigenvalue weighted by atomic mass is 16.4. The highest BCUT2D eigenvalue weighted by Crippen LogP contribution is 2.26. The Morgan fingerprint density at radius 3 is 2.57 bits per heavy atom. The standard InChI is InChI=1S/C19H22N2O.C2H2O4/c1-2-14-13-20-11-9-15(14)7-8-19(22)17-10-12-21-18-6-4-3-5-16(17)18;3-1(4)2(5)6/h2-6,10,12,14-15,20H,1,7-9,11,13H2;(H,3,4)(H,5,6)/t14-,15+;/m0./s1. The summed E-state index contributed by atoms with van der Waals surface area (Å²) in [6.07, 6.45) is 6.42. The van der Waals surface area contributed by atoms with Crippen LogP contribution in [0.15, 0.2) is 49.2 Å². The van der Waals surface area contributed by atoms with Gasteiger partial charge < -0.3 is 15.5 Å². The van der Waals surface area contributed by atoms with Crippen LogP contribution in [0.5, 0.6) is 0 Å². The van der Waals surface area contributed by atoms with Gasteiger partial charge in [-0.1, -0.05) is 24.3 Å². The normalized spacial score (nSPS) is 18.6. The van der Waals surface area contributed by atoms with E-state index in [9.17, 15) is 4.79 Å². The number of hydrogen-bond acceptors (Lipinski definition) is 5. The second-order valence-electron chi connectivity index (χ2n) is 6.60. The average molecular weight is 384 g/mol. The van der Waals surface area contributed by atoms with Gasteiger partial charge in [0.25, 0.3) is 0 Å². The molecule has 28 heavy (non-hydrogen) atoms. The fourth-order valence-electron chi connectivity index (χ4n) is 3.36. The van der Waals surface area contributed by atoms with Crippen molar-refractivity contribution < 1.29 is 24.6 Å². The first-order chi connectivity index (χ1) is 13.4. The number of fused-ring (bicyclic) bond motifs is 1. The number of pyridine rings is 1. The van der Waals surface area contributed by atoms with Gasteiger partial charge in [0.1, 0.15) is 0 Å². The largest absolute Gasteiger partial charge is 0.473 e. The van der Waals surface area contributed by atoms with Gasteiger partial charge in [-0.15, -0.1) is 6.58 Å². The molecule has 3 rings (SSSR count). The molecule has 7 heteroatoms. The van der Waals surface area contributed by atoms with Crippen LogP contribution in [0.4, 0.5) is 0 Å². The molecule has 1 aromatic carbocycles. The van der Waals surface area contributed by atoms with Crippen molar-refractivity contribution in [2.75, 3.05) is 13.1 Å². The van der Waals surface area contributed by atoms with E-state index in [4.69, 9.17) is 19.8 Å². The number of hydrogen-bond donors (Lipinski definition) is 3. The predicted molar refractivity (Wildman–Crippen MR) is 105 cm³/mol. The number of aromatic nitrogens is 1. The molecule has 2 heterocycles. The summed E-state index contributed by atoms with van der Waals surface area (Å²) in [5.74, 6) is -2.38. The van der Waals surface area contributed by atoms with Gasteiger partial charge in [0, 0.05) is 30.1 Å². The van der Waals surface area contributed by atoms with Gasteiger partial charge in [-0.05, 0) is 43.4 Å². The number of Topliss-reactive ketones (excluding diaryl/α,β-unsaturated/α-hetero) is 1. The van der Waals surface area contributed by atoms with E-state index in [1.165, 1.54) is 0 Å². The molecule has 3 N–H and O–H groups in total. The van der Waals surface area contributed by atoms with Gasteiger partial charge in [-0.2, -0.15) is 0 Å². The van der Waals surface area contributed by atoms with Gasteiger partial charge in [0.15, 0.2) is 5.78 Å².